The highest BCUT2D eigenvalue weighted by Crippen LogP contribution is 2.23. The first kappa shape index (κ1) is 11.5. The molecule has 1 fully saturated rings. The second-order valence-electron chi connectivity index (χ2n) is 4.38. The number of hydrogen-bond acceptors (Lipinski definition) is 5. The molecule has 1 saturated heterocycles. The minimum atomic E-state index is 0.0976. The molecular formula is C10H19N5O. The van der Waals surface area contributed by atoms with Crippen molar-refractivity contribution < 1.29 is 4.74 Å². The molecule has 0 bridgehead atoms. The molecule has 0 amide bonds. The summed E-state index contributed by atoms with van der Waals surface area (Å²) in [6.07, 6.45) is 3.56. The summed E-state index contributed by atoms with van der Waals surface area (Å²) < 4.78 is 7.47. The minimum absolute atomic E-state index is 0.0976. The molecule has 0 spiro atoms. The molecule has 90 valence electrons. The normalized spacial score (nSPS) is 27.2. The van der Waals surface area contributed by atoms with Crippen molar-refractivity contribution >= 4 is 0 Å². The van der Waals surface area contributed by atoms with Gasteiger partial charge in [-0.25, -0.2) is 4.98 Å². The van der Waals surface area contributed by atoms with E-state index in [0.29, 0.717) is 5.92 Å². The Morgan fingerprint density at radius 2 is 2.56 bits per heavy atom. The number of aromatic nitrogens is 3. The van der Waals surface area contributed by atoms with Gasteiger partial charge in [-0.1, -0.05) is 6.92 Å². The number of nitrogens with one attached hydrogen (secondary N) is 1. The van der Waals surface area contributed by atoms with Gasteiger partial charge in [-0.2, -0.15) is 5.10 Å². The van der Waals surface area contributed by atoms with E-state index in [1.54, 1.807) is 11.0 Å². The summed E-state index contributed by atoms with van der Waals surface area (Å²) >= 11 is 0. The van der Waals surface area contributed by atoms with Gasteiger partial charge < -0.3 is 4.74 Å². The summed E-state index contributed by atoms with van der Waals surface area (Å²) in [7, 11) is 1.88. The van der Waals surface area contributed by atoms with Crippen molar-refractivity contribution in [2.24, 2.45) is 18.8 Å². The van der Waals surface area contributed by atoms with E-state index in [-0.39, 0.29) is 12.1 Å². The second kappa shape index (κ2) is 4.90. The third kappa shape index (κ3) is 2.23. The number of nitrogens with zero attached hydrogens (tertiary/aromatic N) is 3. The first-order valence-electron chi connectivity index (χ1n) is 5.63. The molecule has 1 aliphatic heterocycles. The number of nitrogens with two attached hydrogens (primary N) is 1. The van der Waals surface area contributed by atoms with Gasteiger partial charge in [0.05, 0.1) is 12.1 Å². The predicted molar refractivity (Wildman–Crippen MR) is 59.3 cm³/mol. The van der Waals surface area contributed by atoms with Crippen LogP contribution in [0.3, 0.4) is 0 Å². The largest absolute Gasteiger partial charge is 0.376 e. The van der Waals surface area contributed by atoms with E-state index < -0.39 is 0 Å². The third-order valence-corrected chi connectivity index (χ3v) is 3.26. The molecule has 3 N–H and O–H groups in total. The van der Waals surface area contributed by atoms with Crippen LogP contribution in [0.5, 0.6) is 0 Å². The van der Waals surface area contributed by atoms with E-state index in [1.165, 1.54) is 0 Å². The quantitative estimate of drug-likeness (QED) is 0.539. The van der Waals surface area contributed by atoms with Crippen molar-refractivity contribution in [3.05, 3.63) is 12.2 Å². The topological polar surface area (TPSA) is 78.0 Å². The Bertz CT molecular complexity index is 340. The molecule has 6 nitrogen and oxygen atoms in total. The van der Waals surface area contributed by atoms with Crippen LogP contribution in [-0.4, -0.2) is 33.5 Å². The van der Waals surface area contributed by atoms with Crippen LogP contribution in [0.15, 0.2) is 6.33 Å². The monoisotopic (exact) mass is 225 g/mol. The van der Waals surface area contributed by atoms with Crippen LogP contribution in [0.2, 0.25) is 0 Å². The lowest BCUT2D eigenvalue weighted by Gasteiger charge is -2.24. The molecule has 1 aromatic heterocycles. The second-order valence-corrected chi connectivity index (χ2v) is 4.38. The molecular weight excluding hydrogens is 206 g/mol. The van der Waals surface area contributed by atoms with Crippen LogP contribution in [-0.2, 0) is 18.2 Å². The molecule has 3 atom stereocenters. The molecule has 3 unspecified atom stereocenters. The molecule has 0 aromatic carbocycles. The lowest BCUT2D eigenvalue weighted by Crippen LogP contribution is -2.47. The third-order valence-electron chi connectivity index (χ3n) is 3.26. The van der Waals surface area contributed by atoms with Gasteiger partial charge >= 0.3 is 0 Å². The summed E-state index contributed by atoms with van der Waals surface area (Å²) in [5, 5.41) is 4.05. The first-order valence-corrected chi connectivity index (χ1v) is 5.63. The number of ether oxygens (including phenoxy) is 1. The number of hydrazine groups is 1. The predicted octanol–water partition coefficient (Wildman–Crippen LogP) is -0.385. The van der Waals surface area contributed by atoms with Gasteiger partial charge in [0.1, 0.15) is 12.2 Å². The number of hydrogen-bond donors (Lipinski definition) is 2. The average molecular weight is 225 g/mol. The van der Waals surface area contributed by atoms with Gasteiger partial charge in [-0.3, -0.25) is 16.0 Å². The molecule has 16 heavy (non-hydrogen) atoms. The molecule has 0 aliphatic carbocycles. The maximum atomic E-state index is 5.71. The van der Waals surface area contributed by atoms with Crippen LogP contribution in [0.25, 0.3) is 0 Å². The van der Waals surface area contributed by atoms with Crippen molar-refractivity contribution in [3.8, 4) is 0 Å². The van der Waals surface area contributed by atoms with Crippen molar-refractivity contribution in [1.29, 1.82) is 0 Å². The van der Waals surface area contributed by atoms with E-state index in [2.05, 4.69) is 22.4 Å². The highest BCUT2D eigenvalue weighted by atomic mass is 16.5. The van der Waals surface area contributed by atoms with Gasteiger partial charge in [0.25, 0.3) is 0 Å². The zero-order valence-corrected chi connectivity index (χ0v) is 9.76. The maximum Gasteiger partial charge on any atom is 0.138 e. The Morgan fingerprint density at radius 3 is 3.06 bits per heavy atom. The lowest BCUT2D eigenvalue weighted by molar-refractivity contribution is 0.0602. The van der Waals surface area contributed by atoms with Crippen molar-refractivity contribution in [2.45, 2.75) is 31.9 Å². The Kier molecular flexibility index (Phi) is 3.52. The summed E-state index contributed by atoms with van der Waals surface area (Å²) in [5.74, 6) is 7.05. The standard InChI is InChI=1S/C10H19N5O/c1-7-3-4-16-10(7)8(14-11)5-9-12-6-13-15(9)2/h6-8,10,14H,3-5,11H2,1-2H3. The summed E-state index contributed by atoms with van der Waals surface area (Å²) in [4.78, 5) is 4.20. The van der Waals surface area contributed by atoms with Crippen LogP contribution in [0.4, 0.5) is 0 Å². The Hall–Kier alpha value is -0.980. The van der Waals surface area contributed by atoms with Gasteiger partial charge in [0.15, 0.2) is 0 Å². The van der Waals surface area contributed by atoms with Gasteiger partial charge in [0.2, 0.25) is 0 Å². The molecule has 2 rings (SSSR count). The molecule has 6 heteroatoms. The summed E-state index contributed by atoms with van der Waals surface area (Å²) in [5.41, 5.74) is 2.83. The fourth-order valence-corrected chi connectivity index (χ4v) is 2.20. The zero-order valence-electron chi connectivity index (χ0n) is 9.76. The van der Waals surface area contributed by atoms with Gasteiger partial charge in [0, 0.05) is 20.1 Å². The van der Waals surface area contributed by atoms with E-state index in [1.807, 2.05) is 7.05 Å². The molecule has 1 aromatic rings. The van der Waals surface area contributed by atoms with Crippen LogP contribution >= 0.6 is 0 Å². The average Bonchev–Trinajstić information content (AvgIpc) is 2.85. The molecule has 0 saturated carbocycles. The van der Waals surface area contributed by atoms with Gasteiger partial charge in [-0.05, 0) is 12.3 Å². The molecule has 1 aliphatic rings. The Morgan fingerprint density at radius 1 is 1.75 bits per heavy atom. The summed E-state index contributed by atoms with van der Waals surface area (Å²) in [6, 6.07) is 0.0976. The summed E-state index contributed by atoms with van der Waals surface area (Å²) in [6.45, 7) is 3.02. The fourth-order valence-electron chi connectivity index (χ4n) is 2.20. The minimum Gasteiger partial charge on any atom is -0.376 e. The first-order chi connectivity index (χ1) is 7.72. The highest BCUT2D eigenvalue weighted by molar-refractivity contribution is 4.94. The zero-order chi connectivity index (χ0) is 11.5. The smallest absolute Gasteiger partial charge is 0.138 e. The number of aryl methyl sites for hydroxylation is 1. The van der Waals surface area contributed by atoms with Gasteiger partial charge in [-0.15, -0.1) is 0 Å². The van der Waals surface area contributed by atoms with E-state index in [0.717, 1.165) is 25.3 Å². The number of rotatable bonds is 4. The highest BCUT2D eigenvalue weighted by Gasteiger charge is 2.32. The SMILES string of the molecule is CC1CCOC1C(Cc1ncnn1C)NN. The Balaban J connectivity index is 2.03. The van der Waals surface area contributed by atoms with Crippen molar-refractivity contribution in [2.75, 3.05) is 6.61 Å². The van der Waals surface area contributed by atoms with Crippen LogP contribution < -0.4 is 11.3 Å². The van der Waals surface area contributed by atoms with Crippen LogP contribution in [0, 0.1) is 5.92 Å². The van der Waals surface area contributed by atoms with E-state index in [9.17, 15) is 0 Å². The van der Waals surface area contributed by atoms with Crippen LogP contribution in [0.1, 0.15) is 19.2 Å². The fraction of sp³-hybridized carbons (Fsp3) is 0.800. The van der Waals surface area contributed by atoms with Crippen molar-refractivity contribution in [3.63, 3.8) is 0 Å². The lowest BCUT2D eigenvalue weighted by atomic mass is 9.96. The molecule has 2 heterocycles. The molecule has 0 radical (unpaired) electrons. The van der Waals surface area contributed by atoms with E-state index >= 15 is 0 Å². The van der Waals surface area contributed by atoms with E-state index in [4.69, 9.17) is 10.6 Å². The maximum absolute atomic E-state index is 5.71. The van der Waals surface area contributed by atoms with Crippen molar-refractivity contribution in [1.82, 2.24) is 20.2 Å². The Labute approximate surface area is 95.1 Å².